The fourth-order valence-electron chi connectivity index (χ4n) is 2.47. The fourth-order valence-corrected chi connectivity index (χ4v) is 3.00. The zero-order chi connectivity index (χ0) is 13.1. The van der Waals surface area contributed by atoms with Crippen molar-refractivity contribution in [1.29, 1.82) is 0 Å². The van der Waals surface area contributed by atoms with Gasteiger partial charge in [0.25, 0.3) is 0 Å². The molecule has 1 aliphatic rings. The Labute approximate surface area is 115 Å². The molecule has 1 unspecified atom stereocenters. The smallest absolute Gasteiger partial charge is 0.159 e. The molecule has 1 atom stereocenters. The van der Waals surface area contributed by atoms with E-state index >= 15 is 0 Å². The minimum Gasteiger partial charge on any atom is -0.299 e. The van der Waals surface area contributed by atoms with Crippen molar-refractivity contribution >= 4 is 15.9 Å². The summed E-state index contributed by atoms with van der Waals surface area (Å²) < 4.78 is 25.9. The largest absolute Gasteiger partial charge is 0.299 e. The second-order valence-electron chi connectivity index (χ2n) is 5.04. The number of hydrogen-bond donors (Lipinski definition) is 0. The number of halogens is 3. The molecule has 4 heteroatoms. The number of alkyl halides is 1. The Hall–Kier alpha value is -0.480. The van der Waals surface area contributed by atoms with Crippen LogP contribution in [-0.4, -0.2) is 22.8 Å². The third-order valence-electron chi connectivity index (χ3n) is 3.67. The summed E-state index contributed by atoms with van der Waals surface area (Å²) in [6, 6.07) is 4.17. The number of benzene rings is 1. The van der Waals surface area contributed by atoms with Gasteiger partial charge in [0, 0.05) is 11.4 Å². The van der Waals surface area contributed by atoms with Crippen LogP contribution in [0.3, 0.4) is 0 Å². The van der Waals surface area contributed by atoms with Gasteiger partial charge in [-0.1, -0.05) is 28.9 Å². The van der Waals surface area contributed by atoms with E-state index in [1.54, 1.807) is 6.07 Å². The second-order valence-corrected chi connectivity index (χ2v) is 6.48. The Morgan fingerprint density at radius 1 is 1.28 bits per heavy atom. The molecule has 2 rings (SSSR count). The molecule has 1 aliphatic heterocycles. The molecule has 1 aromatic carbocycles. The van der Waals surface area contributed by atoms with Gasteiger partial charge in [-0.15, -0.1) is 0 Å². The van der Waals surface area contributed by atoms with Crippen LogP contribution >= 0.6 is 15.9 Å². The number of likely N-dealkylation sites (tertiary alicyclic amines) is 1. The zero-order valence-corrected chi connectivity index (χ0v) is 12.1. The van der Waals surface area contributed by atoms with Crippen LogP contribution in [0.1, 0.15) is 25.3 Å². The van der Waals surface area contributed by atoms with Crippen LogP contribution in [-0.2, 0) is 6.54 Å². The molecular weight excluding hydrogens is 300 g/mol. The average Bonchev–Trinajstić information content (AvgIpc) is 2.34. The SMILES string of the molecule is CC(Br)C1CCN(Cc2ccc(F)c(F)c2)CC1. The van der Waals surface area contributed by atoms with E-state index in [0.717, 1.165) is 37.4 Å². The third-order valence-corrected chi connectivity index (χ3v) is 4.42. The van der Waals surface area contributed by atoms with Crippen LogP contribution in [0.4, 0.5) is 8.78 Å². The molecule has 0 aromatic heterocycles. The van der Waals surface area contributed by atoms with Crippen LogP contribution in [0.2, 0.25) is 0 Å². The summed E-state index contributed by atoms with van der Waals surface area (Å²) in [6.45, 7) is 4.95. The molecule has 1 heterocycles. The maximum Gasteiger partial charge on any atom is 0.159 e. The van der Waals surface area contributed by atoms with Crippen molar-refractivity contribution in [2.45, 2.75) is 31.1 Å². The Balaban J connectivity index is 1.89. The maximum atomic E-state index is 13.1. The summed E-state index contributed by atoms with van der Waals surface area (Å²) in [4.78, 5) is 2.86. The van der Waals surface area contributed by atoms with Gasteiger partial charge in [0.1, 0.15) is 0 Å². The van der Waals surface area contributed by atoms with Crippen molar-refractivity contribution in [3.63, 3.8) is 0 Å². The van der Waals surface area contributed by atoms with E-state index in [2.05, 4.69) is 27.8 Å². The van der Waals surface area contributed by atoms with E-state index in [4.69, 9.17) is 0 Å². The van der Waals surface area contributed by atoms with Crippen molar-refractivity contribution in [2.24, 2.45) is 5.92 Å². The van der Waals surface area contributed by atoms with Gasteiger partial charge in [0.15, 0.2) is 11.6 Å². The Morgan fingerprint density at radius 2 is 1.94 bits per heavy atom. The van der Waals surface area contributed by atoms with E-state index in [1.807, 2.05) is 0 Å². The molecule has 1 aromatic rings. The Morgan fingerprint density at radius 3 is 2.50 bits per heavy atom. The normalized spacial score (nSPS) is 20.0. The molecule has 1 nitrogen and oxygen atoms in total. The first kappa shape index (κ1) is 13.9. The van der Waals surface area contributed by atoms with Crippen molar-refractivity contribution in [1.82, 2.24) is 4.90 Å². The van der Waals surface area contributed by atoms with E-state index < -0.39 is 11.6 Å². The molecule has 1 fully saturated rings. The highest BCUT2D eigenvalue weighted by atomic mass is 79.9. The van der Waals surface area contributed by atoms with E-state index in [1.165, 1.54) is 12.1 Å². The zero-order valence-electron chi connectivity index (χ0n) is 10.5. The monoisotopic (exact) mass is 317 g/mol. The molecule has 0 spiro atoms. The quantitative estimate of drug-likeness (QED) is 0.763. The first-order valence-electron chi connectivity index (χ1n) is 6.36. The maximum absolute atomic E-state index is 13.1. The summed E-state index contributed by atoms with van der Waals surface area (Å²) in [5.41, 5.74) is 0.847. The van der Waals surface area contributed by atoms with Crippen LogP contribution < -0.4 is 0 Å². The van der Waals surface area contributed by atoms with Crippen molar-refractivity contribution in [3.8, 4) is 0 Å². The lowest BCUT2D eigenvalue weighted by Crippen LogP contribution is -2.35. The van der Waals surface area contributed by atoms with Crippen LogP contribution in [0, 0.1) is 17.6 Å². The molecule has 0 N–H and O–H groups in total. The first-order chi connectivity index (χ1) is 8.56. The second kappa shape index (κ2) is 6.11. The highest BCUT2D eigenvalue weighted by molar-refractivity contribution is 9.09. The molecule has 1 saturated heterocycles. The third kappa shape index (κ3) is 3.51. The van der Waals surface area contributed by atoms with Crippen LogP contribution in [0.15, 0.2) is 18.2 Å². The average molecular weight is 318 g/mol. The van der Waals surface area contributed by atoms with Gasteiger partial charge < -0.3 is 0 Å². The molecule has 0 radical (unpaired) electrons. The standard InChI is InChI=1S/C14H18BrF2N/c1-10(15)12-4-6-18(7-5-12)9-11-2-3-13(16)14(17)8-11/h2-3,8,10,12H,4-7,9H2,1H3. The van der Waals surface area contributed by atoms with Crippen molar-refractivity contribution in [2.75, 3.05) is 13.1 Å². The van der Waals surface area contributed by atoms with Crippen LogP contribution in [0.5, 0.6) is 0 Å². The summed E-state index contributed by atoms with van der Waals surface area (Å²) in [5, 5.41) is 0. The van der Waals surface area contributed by atoms with Gasteiger partial charge in [-0.2, -0.15) is 0 Å². The molecule has 0 aliphatic carbocycles. The highest BCUT2D eigenvalue weighted by Crippen LogP contribution is 2.25. The predicted octanol–water partition coefficient (Wildman–Crippen LogP) is 3.96. The van der Waals surface area contributed by atoms with Crippen molar-refractivity contribution in [3.05, 3.63) is 35.4 Å². The van der Waals surface area contributed by atoms with Gasteiger partial charge in [0.2, 0.25) is 0 Å². The highest BCUT2D eigenvalue weighted by Gasteiger charge is 2.22. The minimum absolute atomic E-state index is 0.558. The first-order valence-corrected chi connectivity index (χ1v) is 7.28. The minimum atomic E-state index is -0.773. The fraction of sp³-hybridized carbons (Fsp3) is 0.571. The van der Waals surface area contributed by atoms with E-state index in [-0.39, 0.29) is 0 Å². The Bertz CT molecular complexity index is 401. The molecule has 0 bridgehead atoms. The molecule has 0 saturated carbocycles. The van der Waals surface area contributed by atoms with Gasteiger partial charge in [0.05, 0.1) is 0 Å². The van der Waals surface area contributed by atoms with Crippen molar-refractivity contribution < 1.29 is 8.78 Å². The lowest BCUT2D eigenvalue weighted by atomic mass is 9.94. The lowest BCUT2D eigenvalue weighted by molar-refractivity contribution is 0.178. The number of rotatable bonds is 3. The van der Waals surface area contributed by atoms with Gasteiger partial charge in [-0.05, 0) is 49.5 Å². The van der Waals surface area contributed by atoms with Gasteiger partial charge in [-0.3, -0.25) is 4.90 Å². The molecular formula is C14H18BrF2N. The topological polar surface area (TPSA) is 3.24 Å². The lowest BCUT2D eigenvalue weighted by Gasteiger charge is -2.33. The van der Waals surface area contributed by atoms with E-state index in [9.17, 15) is 8.78 Å². The number of hydrogen-bond acceptors (Lipinski definition) is 1. The summed E-state index contributed by atoms with van der Waals surface area (Å²) in [6.07, 6.45) is 2.33. The number of nitrogens with zero attached hydrogens (tertiary/aromatic N) is 1. The van der Waals surface area contributed by atoms with E-state index in [0.29, 0.717) is 11.4 Å². The predicted molar refractivity (Wildman–Crippen MR) is 72.7 cm³/mol. The molecule has 100 valence electrons. The number of piperidine rings is 1. The molecule has 0 amide bonds. The van der Waals surface area contributed by atoms with Crippen LogP contribution in [0.25, 0.3) is 0 Å². The summed E-state index contributed by atoms with van der Waals surface area (Å²) in [5.74, 6) is -0.798. The Kier molecular flexibility index (Phi) is 4.73. The summed E-state index contributed by atoms with van der Waals surface area (Å²) in [7, 11) is 0. The van der Waals surface area contributed by atoms with Gasteiger partial charge in [-0.25, -0.2) is 8.78 Å². The molecule has 18 heavy (non-hydrogen) atoms. The van der Waals surface area contributed by atoms with Gasteiger partial charge >= 0.3 is 0 Å². The summed E-state index contributed by atoms with van der Waals surface area (Å²) >= 11 is 3.63.